The first-order valence-electron chi connectivity index (χ1n) is 8.63. The van der Waals surface area contributed by atoms with Crippen molar-refractivity contribution in [3.63, 3.8) is 0 Å². The van der Waals surface area contributed by atoms with Crippen molar-refractivity contribution in [2.45, 2.75) is 6.61 Å². The van der Waals surface area contributed by atoms with E-state index >= 15 is 0 Å². The third kappa shape index (κ3) is 5.65. The third-order valence-corrected chi connectivity index (χ3v) is 3.84. The highest BCUT2D eigenvalue weighted by Gasteiger charge is 2.13. The van der Waals surface area contributed by atoms with Crippen molar-refractivity contribution < 1.29 is 32.6 Å². The molecular formula is C21H17F2NO5. The van der Waals surface area contributed by atoms with E-state index in [4.69, 9.17) is 9.47 Å². The largest absolute Gasteiger partial charge is 0.481 e. The number of carbonyl (C=O) groups excluding carboxylic acids is 2. The SMILES string of the molecule is O=C(COC(=O)COc1cccc2ccccc12)Nc1ccccc1OC(F)F. The average Bonchev–Trinajstić information content (AvgIpc) is 2.71. The summed E-state index contributed by atoms with van der Waals surface area (Å²) in [5.74, 6) is -1.12. The van der Waals surface area contributed by atoms with E-state index in [9.17, 15) is 18.4 Å². The molecule has 0 bridgehead atoms. The number of carbonyl (C=O) groups is 2. The minimum atomic E-state index is -3.03. The molecule has 6 nitrogen and oxygen atoms in total. The van der Waals surface area contributed by atoms with Crippen LogP contribution in [-0.2, 0) is 14.3 Å². The Morgan fingerprint density at radius 1 is 0.862 bits per heavy atom. The number of amides is 1. The highest BCUT2D eigenvalue weighted by Crippen LogP contribution is 2.26. The molecule has 1 amide bonds. The first-order chi connectivity index (χ1) is 14.0. The average molecular weight is 401 g/mol. The van der Waals surface area contributed by atoms with Crippen LogP contribution in [0.2, 0.25) is 0 Å². The van der Waals surface area contributed by atoms with Gasteiger partial charge in [-0.25, -0.2) is 4.79 Å². The van der Waals surface area contributed by atoms with Crippen molar-refractivity contribution in [3.8, 4) is 11.5 Å². The molecule has 0 aromatic heterocycles. The van der Waals surface area contributed by atoms with E-state index < -0.39 is 25.1 Å². The van der Waals surface area contributed by atoms with E-state index in [2.05, 4.69) is 10.1 Å². The molecule has 0 aliphatic heterocycles. The van der Waals surface area contributed by atoms with Gasteiger partial charge in [-0.05, 0) is 23.6 Å². The molecule has 3 rings (SSSR count). The summed E-state index contributed by atoms with van der Waals surface area (Å²) in [6, 6.07) is 18.7. The summed E-state index contributed by atoms with van der Waals surface area (Å²) >= 11 is 0. The minimum Gasteiger partial charge on any atom is -0.481 e. The molecule has 3 aromatic rings. The Balaban J connectivity index is 1.50. The molecule has 0 aliphatic rings. The van der Waals surface area contributed by atoms with Crippen LogP contribution in [0.5, 0.6) is 11.5 Å². The van der Waals surface area contributed by atoms with Gasteiger partial charge in [0.2, 0.25) is 0 Å². The van der Waals surface area contributed by atoms with Gasteiger partial charge in [-0.2, -0.15) is 8.78 Å². The maximum Gasteiger partial charge on any atom is 0.387 e. The lowest BCUT2D eigenvalue weighted by atomic mass is 10.1. The van der Waals surface area contributed by atoms with Crippen molar-refractivity contribution in [2.24, 2.45) is 0 Å². The molecule has 0 atom stereocenters. The number of fused-ring (bicyclic) bond motifs is 1. The van der Waals surface area contributed by atoms with Crippen LogP contribution in [0.4, 0.5) is 14.5 Å². The van der Waals surface area contributed by atoms with Crippen molar-refractivity contribution in [1.29, 1.82) is 0 Å². The molecule has 0 saturated heterocycles. The minimum absolute atomic E-state index is 0.0425. The normalized spacial score (nSPS) is 10.6. The number of hydrogen-bond acceptors (Lipinski definition) is 5. The van der Waals surface area contributed by atoms with Gasteiger partial charge in [-0.3, -0.25) is 4.79 Å². The Bertz CT molecular complexity index is 1000. The molecule has 1 N–H and O–H groups in total. The Labute approximate surface area is 165 Å². The molecule has 0 heterocycles. The second-order valence-corrected chi connectivity index (χ2v) is 5.85. The molecule has 150 valence electrons. The topological polar surface area (TPSA) is 73.9 Å². The molecule has 0 fully saturated rings. The van der Waals surface area contributed by atoms with Crippen molar-refractivity contribution in [1.82, 2.24) is 0 Å². The fraction of sp³-hybridized carbons (Fsp3) is 0.143. The highest BCUT2D eigenvalue weighted by molar-refractivity contribution is 5.94. The summed E-state index contributed by atoms with van der Waals surface area (Å²) in [5.41, 5.74) is 0.0425. The number of ether oxygens (including phenoxy) is 3. The second-order valence-electron chi connectivity index (χ2n) is 5.85. The fourth-order valence-corrected chi connectivity index (χ4v) is 2.60. The van der Waals surface area contributed by atoms with Crippen molar-refractivity contribution >= 4 is 28.3 Å². The zero-order chi connectivity index (χ0) is 20.6. The fourth-order valence-electron chi connectivity index (χ4n) is 2.60. The van der Waals surface area contributed by atoms with Crippen LogP contribution in [0.3, 0.4) is 0 Å². The smallest absolute Gasteiger partial charge is 0.387 e. The number of halogens is 2. The number of esters is 1. The summed E-state index contributed by atoms with van der Waals surface area (Å²) in [6.45, 7) is -4.01. The molecule has 8 heteroatoms. The van der Waals surface area contributed by atoms with E-state index in [1.165, 1.54) is 24.3 Å². The summed E-state index contributed by atoms with van der Waals surface area (Å²) < 4.78 is 39.5. The van der Waals surface area contributed by atoms with Gasteiger partial charge in [0.1, 0.15) is 11.5 Å². The number of benzene rings is 3. The van der Waals surface area contributed by atoms with Gasteiger partial charge in [-0.1, -0.05) is 48.5 Å². The number of para-hydroxylation sites is 2. The summed E-state index contributed by atoms with van der Waals surface area (Å²) in [4.78, 5) is 23.8. The molecule has 0 radical (unpaired) electrons. The quantitative estimate of drug-likeness (QED) is 0.578. The lowest BCUT2D eigenvalue weighted by Gasteiger charge is -2.12. The molecule has 29 heavy (non-hydrogen) atoms. The molecule has 0 spiro atoms. The monoisotopic (exact) mass is 401 g/mol. The lowest BCUT2D eigenvalue weighted by Crippen LogP contribution is -2.24. The standard InChI is InChI=1S/C21H17F2NO5/c22-21(23)29-18-10-4-3-9-16(18)24-19(25)12-28-20(26)13-27-17-11-5-7-14-6-1-2-8-15(14)17/h1-11,21H,12-13H2,(H,24,25). The predicted molar refractivity (Wildman–Crippen MR) is 102 cm³/mol. The molecule has 0 aliphatic carbocycles. The summed E-state index contributed by atoms with van der Waals surface area (Å²) in [7, 11) is 0. The molecular weight excluding hydrogens is 384 g/mol. The van der Waals surface area contributed by atoms with Crippen LogP contribution in [-0.4, -0.2) is 31.7 Å². The lowest BCUT2D eigenvalue weighted by molar-refractivity contribution is -0.149. The van der Waals surface area contributed by atoms with Gasteiger partial charge in [0.15, 0.2) is 13.2 Å². The number of nitrogens with one attached hydrogen (secondary N) is 1. The number of rotatable bonds is 8. The van der Waals surface area contributed by atoms with Crippen LogP contribution in [0.25, 0.3) is 10.8 Å². The van der Waals surface area contributed by atoms with Crippen molar-refractivity contribution in [3.05, 3.63) is 66.7 Å². The van der Waals surface area contributed by atoms with E-state index in [1.807, 2.05) is 30.3 Å². The highest BCUT2D eigenvalue weighted by atomic mass is 19.3. The Morgan fingerprint density at radius 2 is 1.55 bits per heavy atom. The van der Waals surface area contributed by atoms with Gasteiger partial charge < -0.3 is 19.5 Å². The van der Waals surface area contributed by atoms with Gasteiger partial charge in [0.05, 0.1) is 5.69 Å². The van der Waals surface area contributed by atoms with Crippen LogP contribution in [0, 0.1) is 0 Å². The van der Waals surface area contributed by atoms with Crippen LogP contribution >= 0.6 is 0 Å². The number of anilines is 1. The van der Waals surface area contributed by atoms with Crippen LogP contribution in [0.15, 0.2) is 66.7 Å². The zero-order valence-corrected chi connectivity index (χ0v) is 15.1. The number of alkyl halides is 2. The first-order valence-corrected chi connectivity index (χ1v) is 8.63. The van der Waals surface area contributed by atoms with Crippen LogP contribution < -0.4 is 14.8 Å². The Hall–Kier alpha value is -3.68. The number of hydrogen-bond donors (Lipinski definition) is 1. The molecule has 0 unspecified atom stereocenters. The second kappa shape index (κ2) is 9.50. The summed E-state index contributed by atoms with van der Waals surface area (Å²) in [5, 5.41) is 4.16. The van der Waals surface area contributed by atoms with Gasteiger partial charge in [0.25, 0.3) is 5.91 Å². The Morgan fingerprint density at radius 3 is 2.38 bits per heavy atom. The first kappa shape index (κ1) is 20.1. The third-order valence-electron chi connectivity index (χ3n) is 3.84. The summed E-state index contributed by atoms with van der Waals surface area (Å²) in [6.07, 6.45) is 0. The van der Waals surface area contributed by atoms with Crippen molar-refractivity contribution in [2.75, 3.05) is 18.5 Å². The predicted octanol–water partition coefficient (Wildman–Crippen LogP) is 4.00. The van der Waals surface area contributed by atoms with E-state index in [0.29, 0.717) is 5.75 Å². The maximum atomic E-state index is 12.4. The van der Waals surface area contributed by atoms with E-state index in [-0.39, 0.29) is 18.0 Å². The van der Waals surface area contributed by atoms with Gasteiger partial charge in [-0.15, -0.1) is 0 Å². The van der Waals surface area contributed by atoms with Gasteiger partial charge in [0, 0.05) is 5.39 Å². The van der Waals surface area contributed by atoms with Gasteiger partial charge >= 0.3 is 12.6 Å². The van der Waals surface area contributed by atoms with E-state index in [0.717, 1.165) is 10.8 Å². The van der Waals surface area contributed by atoms with E-state index in [1.54, 1.807) is 12.1 Å². The zero-order valence-electron chi connectivity index (χ0n) is 15.1. The maximum absolute atomic E-state index is 12.4. The molecule has 0 saturated carbocycles. The molecule has 3 aromatic carbocycles. The Kier molecular flexibility index (Phi) is 6.57. The van der Waals surface area contributed by atoms with Crippen LogP contribution in [0.1, 0.15) is 0 Å².